The fourth-order valence-electron chi connectivity index (χ4n) is 4.34. The number of hydrogen-bond acceptors (Lipinski definition) is 1. The second-order valence-electron chi connectivity index (χ2n) is 8.94. The molecule has 0 aliphatic heterocycles. The SMILES string of the molecule is CCCCCCCc1ccc(-c2ccc3c(F)c(CCc4ccc(F)c(F)c4)ccc3c2)nc1. The molecule has 0 saturated heterocycles. The number of aryl methyl sites for hydroxylation is 3. The van der Waals surface area contributed by atoms with Gasteiger partial charge in [0.25, 0.3) is 0 Å². The van der Waals surface area contributed by atoms with E-state index in [2.05, 4.69) is 18.0 Å². The van der Waals surface area contributed by atoms with Crippen molar-refractivity contribution in [2.45, 2.75) is 58.3 Å². The summed E-state index contributed by atoms with van der Waals surface area (Å²) < 4.78 is 41.7. The van der Waals surface area contributed by atoms with Gasteiger partial charge in [-0.15, -0.1) is 0 Å². The summed E-state index contributed by atoms with van der Waals surface area (Å²) in [7, 11) is 0. The number of pyridine rings is 1. The van der Waals surface area contributed by atoms with Gasteiger partial charge in [-0.25, -0.2) is 13.2 Å². The van der Waals surface area contributed by atoms with Crippen molar-refractivity contribution in [1.82, 2.24) is 4.98 Å². The molecule has 4 aromatic rings. The van der Waals surface area contributed by atoms with Gasteiger partial charge < -0.3 is 0 Å². The molecule has 4 heteroatoms. The highest BCUT2D eigenvalue weighted by Crippen LogP contribution is 2.27. The van der Waals surface area contributed by atoms with E-state index in [1.54, 1.807) is 12.1 Å². The van der Waals surface area contributed by atoms with Crippen molar-refractivity contribution in [1.29, 1.82) is 0 Å². The van der Waals surface area contributed by atoms with Gasteiger partial charge in [-0.05, 0) is 72.0 Å². The number of halogens is 3. The molecule has 0 fully saturated rings. The number of nitrogens with zero attached hydrogens (tertiary/aromatic N) is 1. The van der Waals surface area contributed by atoms with Gasteiger partial charge >= 0.3 is 0 Å². The van der Waals surface area contributed by atoms with E-state index in [0.29, 0.717) is 29.4 Å². The van der Waals surface area contributed by atoms with Crippen LogP contribution < -0.4 is 0 Å². The standard InChI is InChI=1S/C30H30F3N/c1-2-3-4-5-6-7-22-10-17-29(34-20-22)25-14-15-26-24(19-25)13-12-23(30(26)33)11-8-21-9-16-27(31)28(32)18-21/h9-10,12-20H,2-8,11H2,1H3. The van der Waals surface area contributed by atoms with Crippen LogP contribution in [0.1, 0.15) is 55.7 Å². The zero-order valence-corrected chi connectivity index (χ0v) is 19.6. The van der Waals surface area contributed by atoms with E-state index in [1.807, 2.05) is 30.5 Å². The Kier molecular flexibility index (Phi) is 7.99. The molecule has 0 spiro atoms. The molecule has 176 valence electrons. The summed E-state index contributed by atoms with van der Waals surface area (Å²) in [5.41, 5.74) is 4.28. The van der Waals surface area contributed by atoms with Crippen LogP contribution in [0.3, 0.4) is 0 Å². The Labute approximate surface area is 199 Å². The highest BCUT2D eigenvalue weighted by molar-refractivity contribution is 5.88. The Morgan fingerprint density at radius 2 is 1.50 bits per heavy atom. The van der Waals surface area contributed by atoms with Crippen molar-refractivity contribution < 1.29 is 13.2 Å². The van der Waals surface area contributed by atoms with E-state index < -0.39 is 11.6 Å². The molecule has 0 saturated carbocycles. The number of fused-ring (bicyclic) bond motifs is 1. The van der Waals surface area contributed by atoms with Gasteiger partial charge in [0.05, 0.1) is 5.69 Å². The highest BCUT2D eigenvalue weighted by atomic mass is 19.2. The largest absolute Gasteiger partial charge is 0.256 e. The van der Waals surface area contributed by atoms with Crippen LogP contribution in [-0.2, 0) is 19.3 Å². The molecular formula is C30H30F3N. The predicted molar refractivity (Wildman–Crippen MR) is 133 cm³/mol. The Morgan fingerprint density at radius 1 is 0.676 bits per heavy atom. The molecule has 0 unspecified atom stereocenters. The molecule has 0 N–H and O–H groups in total. The minimum Gasteiger partial charge on any atom is -0.256 e. The monoisotopic (exact) mass is 461 g/mol. The Balaban J connectivity index is 1.44. The van der Waals surface area contributed by atoms with Gasteiger partial charge in [0, 0.05) is 17.1 Å². The number of unbranched alkanes of at least 4 members (excludes halogenated alkanes) is 4. The van der Waals surface area contributed by atoms with Crippen LogP contribution in [0, 0.1) is 17.5 Å². The maximum absolute atomic E-state index is 15.1. The summed E-state index contributed by atoms with van der Waals surface area (Å²) in [5.74, 6) is -2.02. The summed E-state index contributed by atoms with van der Waals surface area (Å²) in [6, 6.07) is 17.3. The zero-order valence-electron chi connectivity index (χ0n) is 19.6. The third kappa shape index (κ3) is 5.85. The average Bonchev–Trinajstić information content (AvgIpc) is 2.86. The number of rotatable bonds is 10. The molecule has 0 bridgehead atoms. The highest BCUT2D eigenvalue weighted by Gasteiger charge is 2.10. The second kappa shape index (κ2) is 11.3. The molecule has 3 aromatic carbocycles. The van der Waals surface area contributed by atoms with Gasteiger partial charge in [0.15, 0.2) is 11.6 Å². The van der Waals surface area contributed by atoms with E-state index in [4.69, 9.17) is 0 Å². The number of aromatic nitrogens is 1. The smallest absolute Gasteiger partial charge is 0.159 e. The Bertz CT molecular complexity index is 1250. The van der Waals surface area contributed by atoms with Crippen LogP contribution in [0.15, 0.2) is 66.9 Å². The normalized spacial score (nSPS) is 11.3. The third-order valence-electron chi connectivity index (χ3n) is 6.39. The van der Waals surface area contributed by atoms with Gasteiger partial charge in [-0.3, -0.25) is 4.98 Å². The molecule has 1 aromatic heterocycles. The minimum atomic E-state index is -0.877. The maximum Gasteiger partial charge on any atom is 0.159 e. The topological polar surface area (TPSA) is 12.9 Å². The summed E-state index contributed by atoms with van der Waals surface area (Å²) in [4.78, 5) is 4.64. The summed E-state index contributed by atoms with van der Waals surface area (Å²) in [6.45, 7) is 2.22. The first-order valence-corrected chi connectivity index (χ1v) is 12.2. The zero-order chi connectivity index (χ0) is 23.9. The first-order chi connectivity index (χ1) is 16.5. The number of hydrogen-bond donors (Lipinski definition) is 0. The van der Waals surface area contributed by atoms with E-state index in [-0.39, 0.29) is 5.82 Å². The van der Waals surface area contributed by atoms with E-state index in [0.717, 1.165) is 29.1 Å². The van der Waals surface area contributed by atoms with E-state index in [9.17, 15) is 8.78 Å². The lowest BCUT2D eigenvalue weighted by Crippen LogP contribution is -1.97. The first kappa shape index (κ1) is 24.0. The molecule has 0 radical (unpaired) electrons. The van der Waals surface area contributed by atoms with Crippen LogP contribution in [0.5, 0.6) is 0 Å². The number of benzene rings is 3. The summed E-state index contributed by atoms with van der Waals surface area (Å²) >= 11 is 0. The second-order valence-corrected chi connectivity index (χ2v) is 8.94. The molecule has 4 rings (SSSR count). The Morgan fingerprint density at radius 3 is 2.26 bits per heavy atom. The third-order valence-corrected chi connectivity index (χ3v) is 6.39. The van der Waals surface area contributed by atoms with Crippen molar-refractivity contribution >= 4 is 10.8 Å². The summed E-state index contributed by atoms with van der Waals surface area (Å²) in [6.07, 6.45) is 10.1. The van der Waals surface area contributed by atoms with Crippen molar-refractivity contribution in [2.75, 3.05) is 0 Å². The molecule has 0 amide bonds. The van der Waals surface area contributed by atoms with Gasteiger partial charge in [0.2, 0.25) is 0 Å². The van der Waals surface area contributed by atoms with Crippen molar-refractivity contribution in [3.8, 4) is 11.3 Å². The maximum atomic E-state index is 15.1. The van der Waals surface area contributed by atoms with E-state index >= 15 is 4.39 Å². The molecule has 1 heterocycles. The molecule has 0 aliphatic carbocycles. The van der Waals surface area contributed by atoms with Gasteiger partial charge in [-0.1, -0.05) is 69.0 Å². The lowest BCUT2D eigenvalue weighted by atomic mass is 9.98. The molecule has 0 aliphatic rings. The first-order valence-electron chi connectivity index (χ1n) is 12.2. The van der Waals surface area contributed by atoms with Crippen molar-refractivity contribution in [3.63, 3.8) is 0 Å². The van der Waals surface area contributed by atoms with Gasteiger partial charge in [-0.2, -0.15) is 0 Å². The van der Waals surface area contributed by atoms with Crippen LogP contribution in [-0.4, -0.2) is 4.98 Å². The van der Waals surface area contributed by atoms with Crippen molar-refractivity contribution in [3.05, 3.63) is 101 Å². The van der Waals surface area contributed by atoms with E-state index in [1.165, 1.54) is 49.8 Å². The van der Waals surface area contributed by atoms with Crippen LogP contribution in [0.25, 0.3) is 22.0 Å². The minimum absolute atomic E-state index is 0.266. The Hall–Kier alpha value is -3.14. The lowest BCUT2D eigenvalue weighted by molar-refractivity contribution is 0.507. The molecule has 1 nitrogen and oxygen atoms in total. The van der Waals surface area contributed by atoms with Crippen LogP contribution in [0.2, 0.25) is 0 Å². The molecule has 34 heavy (non-hydrogen) atoms. The van der Waals surface area contributed by atoms with Crippen LogP contribution >= 0.6 is 0 Å². The molecular weight excluding hydrogens is 431 g/mol. The average molecular weight is 462 g/mol. The quantitative estimate of drug-likeness (QED) is 0.215. The summed E-state index contributed by atoms with van der Waals surface area (Å²) in [5, 5.41) is 1.36. The fourth-order valence-corrected chi connectivity index (χ4v) is 4.34. The molecule has 0 atom stereocenters. The van der Waals surface area contributed by atoms with Gasteiger partial charge in [0.1, 0.15) is 5.82 Å². The van der Waals surface area contributed by atoms with Crippen molar-refractivity contribution in [2.24, 2.45) is 0 Å². The lowest BCUT2D eigenvalue weighted by Gasteiger charge is -2.09. The van der Waals surface area contributed by atoms with Crippen LogP contribution in [0.4, 0.5) is 13.2 Å². The predicted octanol–water partition coefficient (Wildman–Crippen LogP) is 8.62. The fraction of sp³-hybridized carbons (Fsp3) is 0.300.